The summed E-state index contributed by atoms with van der Waals surface area (Å²) >= 11 is 0. The van der Waals surface area contributed by atoms with Gasteiger partial charge in [-0.1, -0.05) is 39.5 Å². The second-order valence-electron chi connectivity index (χ2n) is 14.6. The van der Waals surface area contributed by atoms with Gasteiger partial charge in [0.15, 0.2) is 0 Å². The first-order valence-electron chi connectivity index (χ1n) is 16.6. The van der Waals surface area contributed by atoms with E-state index in [2.05, 4.69) is 13.8 Å². The van der Waals surface area contributed by atoms with Gasteiger partial charge in [-0.2, -0.15) is 0 Å². The van der Waals surface area contributed by atoms with Gasteiger partial charge in [0.05, 0.1) is 11.8 Å². The highest BCUT2D eigenvalue weighted by Gasteiger charge is 2.33. The zero-order valence-electron chi connectivity index (χ0n) is 28.0. The molecule has 0 radical (unpaired) electrons. The molecule has 0 aromatic rings. The van der Waals surface area contributed by atoms with Gasteiger partial charge in [0.25, 0.3) is 0 Å². The van der Waals surface area contributed by atoms with Crippen molar-refractivity contribution in [2.75, 3.05) is 32.9 Å². The maximum Gasteiger partial charge on any atom is 0.410 e. The van der Waals surface area contributed by atoms with Crippen LogP contribution in [-0.4, -0.2) is 73.7 Å². The van der Waals surface area contributed by atoms with E-state index in [0.717, 1.165) is 51.4 Å². The molecule has 0 aromatic heterocycles. The first kappa shape index (κ1) is 37.5. The molecule has 2 rings (SSSR count). The van der Waals surface area contributed by atoms with E-state index in [9.17, 15) is 24.0 Å². The van der Waals surface area contributed by atoms with Gasteiger partial charge < -0.3 is 28.6 Å². The minimum atomic E-state index is -0.939. The molecule has 2 saturated carbocycles. The van der Waals surface area contributed by atoms with E-state index >= 15 is 0 Å². The fourth-order valence-corrected chi connectivity index (χ4v) is 5.67. The highest BCUT2D eigenvalue weighted by Crippen LogP contribution is 2.32. The smallest absolute Gasteiger partial charge is 0.410 e. The quantitative estimate of drug-likeness (QED) is 0.111. The molecule has 0 unspecified atom stereocenters. The average Bonchev–Trinajstić information content (AvgIpc) is 2.95. The van der Waals surface area contributed by atoms with Crippen LogP contribution in [0, 0.1) is 29.1 Å². The van der Waals surface area contributed by atoms with Gasteiger partial charge in [-0.25, -0.2) is 4.79 Å². The third-order valence-corrected chi connectivity index (χ3v) is 8.68. The second-order valence-corrected chi connectivity index (χ2v) is 14.6. The van der Waals surface area contributed by atoms with Crippen LogP contribution in [0.2, 0.25) is 0 Å². The molecule has 10 nitrogen and oxygen atoms in total. The highest BCUT2D eigenvalue weighted by atomic mass is 16.6. The van der Waals surface area contributed by atoms with Crippen molar-refractivity contribution in [1.82, 2.24) is 4.90 Å². The molecular weight excluding hydrogens is 566 g/mol. The van der Waals surface area contributed by atoms with Crippen molar-refractivity contribution < 1.29 is 42.9 Å². The van der Waals surface area contributed by atoms with Crippen molar-refractivity contribution in [3.05, 3.63) is 0 Å². The van der Waals surface area contributed by atoms with Gasteiger partial charge in [0.2, 0.25) is 0 Å². The number of aldehydes is 1. The molecule has 252 valence electrons. The number of hydrogen-bond acceptors (Lipinski definition) is 9. The summed E-state index contributed by atoms with van der Waals surface area (Å²) in [7, 11) is 0. The minimum absolute atomic E-state index is 0.0162. The maximum absolute atomic E-state index is 12.7. The van der Waals surface area contributed by atoms with Crippen LogP contribution in [0.15, 0.2) is 0 Å². The summed E-state index contributed by atoms with van der Waals surface area (Å²) in [4.78, 5) is 62.9. The van der Waals surface area contributed by atoms with E-state index < -0.39 is 23.1 Å². The zero-order valence-corrected chi connectivity index (χ0v) is 28.0. The molecule has 0 saturated heterocycles. The Morgan fingerprint density at radius 3 is 1.52 bits per heavy atom. The number of amides is 1. The molecule has 10 heteroatoms. The van der Waals surface area contributed by atoms with E-state index in [-0.39, 0.29) is 57.7 Å². The minimum Gasteiger partial charge on any atom is -0.465 e. The Labute approximate surface area is 264 Å². The Kier molecular flexibility index (Phi) is 15.7. The number of rotatable bonds is 16. The van der Waals surface area contributed by atoms with E-state index in [0.29, 0.717) is 42.8 Å². The van der Waals surface area contributed by atoms with Gasteiger partial charge in [0, 0.05) is 32.4 Å². The Morgan fingerprint density at radius 1 is 0.682 bits per heavy atom. The first-order chi connectivity index (χ1) is 20.7. The summed E-state index contributed by atoms with van der Waals surface area (Å²) < 4.78 is 22.3. The molecule has 0 spiro atoms. The summed E-state index contributed by atoms with van der Waals surface area (Å²) in [6, 6.07) is 0. The molecule has 2 fully saturated rings. The maximum atomic E-state index is 12.7. The largest absolute Gasteiger partial charge is 0.465 e. The van der Waals surface area contributed by atoms with Gasteiger partial charge in [0.1, 0.15) is 31.7 Å². The molecule has 1 amide bonds. The molecule has 2 aliphatic rings. The van der Waals surface area contributed by atoms with Crippen LogP contribution in [0.25, 0.3) is 0 Å². The van der Waals surface area contributed by atoms with Gasteiger partial charge in [-0.15, -0.1) is 0 Å². The van der Waals surface area contributed by atoms with Crippen molar-refractivity contribution in [3.63, 3.8) is 0 Å². The van der Waals surface area contributed by atoms with E-state index in [4.69, 9.17) is 18.9 Å². The van der Waals surface area contributed by atoms with Crippen LogP contribution in [0.1, 0.15) is 119 Å². The number of nitrogens with zero attached hydrogens (tertiary/aromatic N) is 1. The third-order valence-electron chi connectivity index (χ3n) is 8.68. The summed E-state index contributed by atoms with van der Waals surface area (Å²) in [5, 5.41) is 0. The predicted octanol–water partition coefficient (Wildman–Crippen LogP) is 6.27. The normalized spacial score (nSPS) is 23.5. The number of carbonyl (C=O) groups is 5. The first-order valence-corrected chi connectivity index (χ1v) is 16.6. The van der Waals surface area contributed by atoms with Crippen LogP contribution in [-0.2, 0) is 38.1 Å². The van der Waals surface area contributed by atoms with Crippen molar-refractivity contribution in [2.45, 2.75) is 124 Å². The van der Waals surface area contributed by atoms with Crippen LogP contribution in [0.5, 0.6) is 0 Å². The predicted molar refractivity (Wildman–Crippen MR) is 166 cm³/mol. The lowest BCUT2D eigenvalue weighted by atomic mass is 9.81. The lowest BCUT2D eigenvalue weighted by molar-refractivity contribution is -0.161. The summed E-state index contributed by atoms with van der Waals surface area (Å²) in [6.07, 6.45) is 9.28. The fourth-order valence-electron chi connectivity index (χ4n) is 5.67. The molecule has 0 heterocycles. The van der Waals surface area contributed by atoms with Crippen LogP contribution in [0.3, 0.4) is 0 Å². The van der Waals surface area contributed by atoms with E-state index in [1.807, 2.05) is 0 Å². The molecular formula is C34H57NO9. The lowest BCUT2D eigenvalue weighted by Crippen LogP contribution is -2.40. The fraction of sp³-hybridized carbons (Fsp3) is 0.853. The monoisotopic (exact) mass is 623 g/mol. The second kappa shape index (κ2) is 18.4. The Balaban J connectivity index is 1.94. The number of hydrogen-bond donors (Lipinski definition) is 0. The standard InChI is InChI=1S/C34H57NO9/c1-25-8-12-27(13-9-25)20-30(38)42-23-34(6,24-43-31(39)21-28-14-10-26(2)11-15-28)22-41-29(37)16-18-35(17-7-19-36)32(40)44-33(3,4)5/h19,25-28H,7-18,20-24H2,1-6H3. The molecule has 0 aliphatic heterocycles. The van der Waals surface area contributed by atoms with E-state index in [1.165, 1.54) is 4.90 Å². The topological polar surface area (TPSA) is 126 Å². The van der Waals surface area contributed by atoms with Crippen molar-refractivity contribution in [1.29, 1.82) is 0 Å². The highest BCUT2D eigenvalue weighted by molar-refractivity contribution is 5.72. The zero-order chi connectivity index (χ0) is 32.8. The number of carbonyl (C=O) groups excluding carboxylic acids is 5. The van der Waals surface area contributed by atoms with Gasteiger partial charge in [-0.05, 0) is 77.0 Å². The third kappa shape index (κ3) is 15.4. The molecule has 0 bridgehead atoms. The molecule has 0 aromatic carbocycles. The van der Waals surface area contributed by atoms with E-state index in [1.54, 1.807) is 27.7 Å². The van der Waals surface area contributed by atoms with Crippen molar-refractivity contribution >= 4 is 30.3 Å². The van der Waals surface area contributed by atoms with Crippen LogP contribution in [0.4, 0.5) is 4.79 Å². The molecule has 2 aliphatic carbocycles. The SMILES string of the molecule is CC1CCC(CC(=O)OCC(C)(COC(=O)CCN(CCC=O)C(=O)OC(C)(C)C)COC(=O)CC2CCC(C)CC2)CC1. The van der Waals surface area contributed by atoms with Gasteiger partial charge in [-0.3, -0.25) is 14.4 Å². The Bertz CT molecular complexity index is 888. The van der Waals surface area contributed by atoms with Gasteiger partial charge >= 0.3 is 24.0 Å². The Hall–Kier alpha value is -2.65. The molecule has 44 heavy (non-hydrogen) atoms. The summed E-state index contributed by atoms with van der Waals surface area (Å²) in [5.41, 5.74) is -1.66. The molecule has 0 atom stereocenters. The van der Waals surface area contributed by atoms with Crippen LogP contribution >= 0.6 is 0 Å². The van der Waals surface area contributed by atoms with Crippen molar-refractivity contribution in [3.8, 4) is 0 Å². The molecule has 0 N–H and O–H groups in total. The summed E-state index contributed by atoms with van der Waals surface area (Å²) in [5.74, 6) is 0.834. The average molecular weight is 624 g/mol. The summed E-state index contributed by atoms with van der Waals surface area (Å²) in [6.45, 7) is 11.3. The van der Waals surface area contributed by atoms with Crippen molar-refractivity contribution in [2.24, 2.45) is 29.1 Å². The number of esters is 3. The lowest BCUT2D eigenvalue weighted by Gasteiger charge is -2.30. The van der Waals surface area contributed by atoms with Crippen LogP contribution < -0.4 is 0 Å². The number of ether oxygens (including phenoxy) is 4. The Morgan fingerprint density at radius 2 is 1.11 bits per heavy atom.